The molecule has 0 fully saturated rings. The number of hydrazone groups is 1. The number of nitrogens with zero attached hydrogens (tertiary/aromatic N) is 1. The molecule has 0 saturated carbocycles. The maximum absolute atomic E-state index is 12.4. The van der Waals surface area contributed by atoms with Crippen molar-refractivity contribution in [1.29, 1.82) is 0 Å². The van der Waals surface area contributed by atoms with Crippen molar-refractivity contribution in [3.8, 4) is 11.5 Å². The molecule has 3 rings (SSSR count). The molecular weight excluding hydrogens is 554 g/mol. The molecule has 6 nitrogen and oxygen atoms in total. The highest BCUT2D eigenvalue weighted by Crippen LogP contribution is 2.30. The monoisotopic (exact) mass is 568 g/mol. The van der Waals surface area contributed by atoms with Gasteiger partial charge in [0.05, 0.1) is 29.5 Å². The van der Waals surface area contributed by atoms with E-state index >= 15 is 0 Å². The first-order valence-corrected chi connectivity index (χ1v) is 10.7. The molecule has 0 spiro atoms. The number of esters is 1. The van der Waals surface area contributed by atoms with Gasteiger partial charge in [-0.15, -0.1) is 0 Å². The third kappa shape index (κ3) is 5.96. The average molecular weight is 569 g/mol. The number of ether oxygens (including phenoxy) is 2. The Bertz CT molecular complexity index is 1170. The maximum Gasteiger partial charge on any atom is 0.345 e. The van der Waals surface area contributed by atoms with Crippen molar-refractivity contribution in [3.63, 3.8) is 0 Å². The van der Waals surface area contributed by atoms with Crippen LogP contribution in [0.15, 0.2) is 65.8 Å². The molecule has 0 bridgehead atoms. The standard InChI is InChI=1S/C22H15Cl2IN2O4/c1-30-20-10-13(12-26-27-21(28)16-4-2-3-5-18(16)25)6-9-19(20)31-22(29)15-8-7-14(23)11-17(15)24/h2-12H,1H3,(H,27,28)/b26-12-. The van der Waals surface area contributed by atoms with Gasteiger partial charge in [0, 0.05) is 8.59 Å². The zero-order valence-corrected chi connectivity index (χ0v) is 19.7. The van der Waals surface area contributed by atoms with Gasteiger partial charge in [-0.1, -0.05) is 35.3 Å². The minimum absolute atomic E-state index is 0.178. The molecule has 0 radical (unpaired) electrons. The van der Waals surface area contributed by atoms with E-state index in [4.69, 9.17) is 32.7 Å². The number of benzene rings is 3. The molecule has 3 aromatic carbocycles. The lowest BCUT2D eigenvalue weighted by Gasteiger charge is -2.10. The van der Waals surface area contributed by atoms with E-state index in [0.717, 1.165) is 3.57 Å². The first-order valence-electron chi connectivity index (χ1n) is 8.82. The number of methoxy groups -OCH3 is 1. The van der Waals surface area contributed by atoms with E-state index in [2.05, 4.69) is 33.1 Å². The van der Waals surface area contributed by atoms with Crippen LogP contribution in [0.3, 0.4) is 0 Å². The van der Waals surface area contributed by atoms with Crippen LogP contribution in [0.4, 0.5) is 0 Å². The Morgan fingerprint density at radius 1 is 1.00 bits per heavy atom. The van der Waals surface area contributed by atoms with Gasteiger partial charge in [0.25, 0.3) is 5.91 Å². The largest absolute Gasteiger partial charge is 0.493 e. The van der Waals surface area contributed by atoms with Gasteiger partial charge in [0.15, 0.2) is 11.5 Å². The Hall–Kier alpha value is -2.62. The van der Waals surface area contributed by atoms with E-state index in [0.29, 0.717) is 21.9 Å². The molecule has 0 aromatic heterocycles. The number of carbonyl (C=O) groups excluding carboxylic acids is 2. The number of carbonyl (C=O) groups is 2. The zero-order valence-electron chi connectivity index (χ0n) is 16.1. The summed E-state index contributed by atoms with van der Waals surface area (Å²) in [5.41, 5.74) is 3.81. The van der Waals surface area contributed by atoms with Crippen molar-refractivity contribution < 1.29 is 19.1 Å². The molecule has 0 aliphatic rings. The van der Waals surface area contributed by atoms with Crippen LogP contribution in [-0.2, 0) is 0 Å². The summed E-state index contributed by atoms with van der Waals surface area (Å²) in [4.78, 5) is 24.6. The molecule has 0 heterocycles. The minimum atomic E-state index is -0.647. The molecule has 3 aromatic rings. The summed E-state index contributed by atoms with van der Waals surface area (Å²) in [7, 11) is 1.45. The molecule has 1 amide bonds. The van der Waals surface area contributed by atoms with Crippen molar-refractivity contribution in [1.82, 2.24) is 5.43 Å². The second kappa shape index (κ2) is 10.6. The van der Waals surface area contributed by atoms with Crippen molar-refractivity contribution in [2.75, 3.05) is 7.11 Å². The number of halogens is 3. The fraction of sp³-hybridized carbons (Fsp3) is 0.0455. The molecule has 31 heavy (non-hydrogen) atoms. The van der Waals surface area contributed by atoms with Gasteiger partial charge in [0.2, 0.25) is 0 Å². The summed E-state index contributed by atoms with van der Waals surface area (Å²) in [5, 5.41) is 4.57. The molecule has 0 unspecified atom stereocenters. The van der Waals surface area contributed by atoms with Crippen LogP contribution in [0.25, 0.3) is 0 Å². The van der Waals surface area contributed by atoms with E-state index in [1.165, 1.54) is 25.5 Å². The number of rotatable bonds is 6. The van der Waals surface area contributed by atoms with Crippen LogP contribution in [0, 0.1) is 3.57 Å². The van der Waals surface area contributed by atoms with Crippen LogP contribution >= 0.6 is 45.8 Å². The maximum atomic E-state index is 12.4. The van der Waals surface area contributed by atoms with Gasteiger partial charge in [0.1, 0.15) is 0 Å². The van der Waals surface area contributed by atoms with Crippen molar-refractivity contribution in [3.05, 3.63) is 91.0 Å². The second-order valence-corrected chi connectivity index (χ2v) is 8.11. The van der Waals surface area contributed by atoms with Crippen LogP contribution in [0.1, 0.15) is 26.3 Å². The van der Waals surface area contributed by atoms with Gasteiger partial charge < -0.3 is 9.47 Å². The molecule has 1 N–H and O–H groups in total. The average Bonchev–Trinajstić information content (AvgIpc) is 2.74. The third-order valence-electron chi connectivity index (χ3n) is 4.04. The highest BCUT2D eigenvalue weighted by Gasteiger charge is 2.16. The number of amides is 1. The normalized spacial score (nSPS) is 10.7. The Kier molecular flexibility index (Phi) is 7.89. The highest BCUT2D eigenvalue weighted by molar-refractivity contribution is 14.1. The molecule has 0 saturated heterocycles. The van der Waals surface area contributed by atoms with Crippen LogP contribution in [0.2, 0.25) is 10.0 Å². The predicted molar refractivity (Wildman–Crippen MR) is 129 cm³/mol. The van der Waals surface area contributed by atoms with Crippen molar-refractivity contribution in [2.24, 2.45) is 5.10 Å². The van der Waals surface area contributed by atoms with Crippen LogP contribution in [0.5, 0.6) is 11.5 Å². The van der Waals surface area contributed by atoms with E-state index < -0.39 is 5.97 Å². The van der Waals surface area contributed by atoms with Crippen molar-refractivity contribution in [2.45, 2.75) is 0 Å². The summed E-state index contributed by atoms with van der Waals surface area (Å²) in [5.74, 6) is -0.449. The van der Waals surface area contributed by atoms with E-state index in [9.17, 15) is 9.59 Å². The summed E-state index contributed by atoms with van der Waals surface area (Å²) < 4.78 is 11.5. The highest BCUT2D eigenvalue weighted by atomic mass is 127. The predicted octanol–water partition coefficient (Wildman–Crippen LogP) is 5.59. The lowest BCUT2D eigenvalue weighted by Crippen LogP contribution is -2.18. The number of nitrogens with one attached hydrogen (secondary N) is 1. The van der Waals surface area contributed by atoms with E-state index in [1.807, 2.05) is 12.1 Å². The van der Waals surface area contributed by atoms with E-state index in [-0.39, 0.29) is 22.2 Å². The quantitative estimate of drug-likeness (QED) is 0.138. The smallest absolute Gasteiger partial charge is 0.345 e. The van der Waals surface area contributed by atoms with Gasteiger partial charge in [-0.25, -0.2) is 10.2 Å². The Labute approximate surface area is 202 Å². The van der Waals surface area contributed by atoms with Crippen molar-refractivity contribution >= 4 is 63.9 Å². The lowest BCUT2D eigenvalue weighted by atomic mass is 10.2. The first kappa shape index (κ1) is 23.1. The van der Waals surface area contributed by atoms with Gasteiger partial charge in [-0.3, -0.25) is 4.79 Å². The van der Waals surface area contributed by atoms with E-state index in [1.54, 1.807) is 36.4 Å². The van der Waals surface area contributed by atoms with Gasteiger partial charge in [-0.05, 0) is 76.7 Å². The molecule has 0 aliphatic carbocycles. The molecular formula is C22H15Cl2IN2O4. The Morgan fingerprint density at radius 3 is 2.48 bits per heavy atom. The van der Waals surface area contributed by atoms with Gasteiger partial charge >= 0.3 is 5.97 Å². The van der Waals surface area contributed by atoms with Gasteiger partial charge in [-0.2, -0.15) is 5.10 Å². The topological polar surface area (TPSA) is 77.0 Å². The fourth-order valence-corrected chi connectivity index (χ4v) is 3.65. The lowest BCUT2D eigenvalue weighted by molar-refractivity contribution is 0.0729. The molecule has 158 valence electrons. The third-order valence-corrected chi connectivity index (χ3v) is 5.53. The van der Waals surface area contributed by atoms with Crippen LogP contribution < -0.4 is 14.9 Å². The first-order chi connectivity index (χ1) is 14.9. The van der Waals surface area contributed by atoms with Crippen LogP contribution in [-0.4, -0.2) is 25.2 Å². The summed E-state index contributed by atoms with van der Waals surface area (Å²) in [6, 6.07) is 16.5. The Morgan fingerprint density at radius 2 is 1.77 bits per heavy atom. The summed E-state index contributed by atoms with van der Waals surface area (Å²) in [6.07, 6.45) is 1.46. The second-order valence-electron chi connectivity index (χ2n) is 6.10. The minimum Gasteiger partial charge on any atom is -0.493 e. The Balaban J connectivity index is 1.71. The number of hydrogen-bond acceptors (Lipinski definition) is 5. The molecule has 9 heteroatoms. The SMILES string of the molecule is COc1cc(/C=N\NC(=O)c2ccccc2I)ccc1OC(=O)c1ccc(Cl)cc1Cl. The summed E-state index contributed by atoms with van der Waals surface area (Å²) in [6.45, 7) is 0. The summed E-state index contributed by atoms with van der Waals surface area (Å²) >= 11 is 14.0. The zero-order chi connectivity index (χ0) is 22.4. The number of hydrogen-bond donors (Lipinski definition) is 1. The molecule has 0 aliphatic heterocycles. The fourth-order valence-electron chi connectivity index (χ4n) is 2.53. The molecule has 0 atom stereocenters.